The minimum atomic E-state index is -4.74. The van der Waals surface area contributed by atoms with Gasteiger partial charge in [-0.05, 0) is 39.2 Å². The summed E-state index contributed by atoms with van der Waals surface area (Å²) in [4.78, 5) is 2.10. The molecule has 4 nitrogen and oxygen atoms in total. The molecule has 0 aromatic carbocycles. The summed E-state index contributed by atoms with van der Waals surface area (Å²) in [7, 11) is -4.38. The average Bonchev–Trinajstić information content (AvgIpc) is 2.25. The van der Waals surface area contributed by atoms with Gasteiger partial charge in [0.25, 0.3) is 0 Å². The molecule has 0 saturated carbocycles. The van der Waals surface area contributed by atoms with Crippen molar-refractivity contribution in [2.24, 2.45) is 5.92 Å². The molecule has 0 bridgehead atoms. The van der Waals surface area contributed by atoms with E-state index < -0.39 is 27.5 Å². The van der Waals surface area contributed by atoms with E-state index in [4.69, 9.17) is 0 Å². The van der Waals surface area contributed by atoms with Gasteiger partial charge in [-0.15, -0.1) is 0 Å². The van der Waals surface area contributed by atoms with E-state index in [1.807, 2.05) is 0 Å². The van der Waals surface area contributed by atoms with Crippen molar-refractivity contribution in [1.82, 2.24) is 9.62 Å². The summed E-state index contributed by atoms with van der Waals surface area (Å²) in [5, 5.41) is -2.39. The number of halogens is 3. The second-order valence-electron chi connectivity index (χ2n) is 5.75. The normalized spacial score (nSPS) is 25.4. The van der Waals surface area contributed by atoms with Gasteiger partial charge in [-0.3, -0.25) is 0 Å². The lowest BCUT2D eigenvalue weighted by Gasteiger charge is -2.33. The molecule has 0 radical (unpaired) electrons. The summed E-state index contributed by atoms with van der Waals surface area (Å²) in [5.41, 5.74) is 0. The van der Waals surface area contributed by atoms with Crippen LogP contribution in [0.1, 0.15) is 33.6 Å². The van der Waals surface area contributed by atoms with E-state index in [2.05, 4.69) is 16.5 Å². The summed E-state index contributed by atoms with van der Waals surface area (Å²) < 4.78 is 62.8. The zero-order valence-electron chi connectivity index (χ0n) is 12.1. The van der Waals surface area contributed by atoms with E-state index >= 15 is 0 Å². The average molecular weight is 316 g/mol. The first-order valence-corrected chi connectivity index (χ1v) is 8.37. The molecule has 1 aliphatic rings. The van der Waals surface area contributed by atoms with Crippen LogP contribution in [-0.4, -0.2) is 50.4 Å². The van der Waals surface area contributed by atoms with E-state index in [1.165, 1.54) is 0 Å². The van der Waals surface area contributed by atoms with Gasteiger partial charge in [-0.1, -0.05) is 6.92 Å². The van der Waals surface area contributed by atoms with Gasteiger partial charge >= 0.3 is 6.18 Å². The van der Waals surface area contributed by atoms with Crippen LogP contribution in [-0.2, 0) is 10.0 Å². The maximum Gasteiger partial charge on any atom is 0.406 e. The predicted octanol–water partition coefficient (Wildman–Crippen LogP) is 1.98. The Morgan fingerprint density at radius 2 is 1.95 bits per heavy atom. The molecule has 0 aromatic heterocycles. The maximum atomic E-state index is 12.5. The summed E-state index contributed by atoms with van der Waals surface area (Å²) in [6.45, 7) is 6.55. The van der Waals surface area contributed by atoms with E-state index in [0.29, 0.717) is 19.4 Å². The number of hydrogen-bond acceptors (Lipinski definition) is 3. The predicted molar refractivity (Wildman–Crippen MR) is 71.9 cm³/mol. The van der Waals surface area contributed by atoms with Crippen molar-refractivity contribution in [3.63, 3.8) is 0 Å². The molecule has 0 amide bonds. The molecule has 1 saturated heterocycles. The minimum Gasteiger partial charge on any atom is -0.301 e. The number of alkyl halides is 3. The fraction of sp³-hybridized carbons (Fsp3) is 1.00. The smallest absolute Gasteiger partial charge is 0.301 e. The molecule has 3 unspecified atom stereocenters. The van der Waals surface area contributed by atoms with Gasteiger partial charge < -0.3 is 4.90 Å². The van der Waals surface area contributed by atoms with Crippen molar-refractivity contribution in [3.05, 3.63) is 0 Å². The highest BCUT2D eigenvalue weighted by atomic mass is 32.2. The van der Waals surface area contributed by atoms with Gasteiger partial charge in [0, 0.05) is 19.1 Å². The Morgan fingerprint density at radius 3 is 2.45 bits per heavy atom. The Kier molecular flexibility index (Phi) is 5.86. The molecule has 20 heavy (non-hydrogen) atoms. The number of piperidine rings is 1. The van der Waals surface area contributed by atoms with Crippen LogP contribution in [0.3, 0.4) is 0 Å². The molecular weight excluding hydrogens is 293 g/mol. The van der Waals surface area contributed by atoms with E-state index in [0.717, 1.165) is 25.9 Å². The van der Waals surface area contributed by atoms with Gasteiger partial charge in [0.05, 0.1) is 0 Å². The summed E-state index contributed by atoms with van der Waals surface area (Å²) >= 11 is 0. The van der Waals surface area contributed by atoms with Crippen LogP contribution in [0.25, 0.3) is 0 Å². The number of hydrogen-bond donors (Lipinski definition) is 1. The van der Waals surface area contributed by atoms with Crippen LogP contribution < -0.4 is 4.72 Å². The Bertz CT molecular complexity index is 411. The van der Waals surface area contributed by atoms with Crippen molar-refractivity contribution in [1.29, 1.82) is 0 Å². The zero-order chi connectivity index (χ0) is 15.6. The molecule has 0 aliphatic carbocycles. The lowest BCUT2D eigenvalue weighted by Crippen LogP contribution is -2.49. The van der Waals surface area contributed by atoms with Crippen molar-refractivity contribution >= 4 is 10.0 Å². The van der Waals surface area contributed by atoms with Crippen LogP contribution in [0.2, 0.25) is 0 Å². The molecule has 120 valence electrons. The van der Waals surface area contributed by atoms with E-state index in [-0.39, 0.29) is 0 Å². The van der Waals surface area contributed by atoms with E-state index in [9.17, 15) is 21.6 Å². The first kappa shape index (κ1) is 17.7. The first-order chi connectivity index (χ1) is 9.02. The number of sulfonamides is 1. The Balaban J connectivity index is 2.55. The number of nitrogens with zero attached hydrogens (tertiary/aromatic N) is 1. The lowest BCUT2D eigenvalue weighted by molar-refractivity contribution is -0.127. The van der Waals surface area contributed by atoms with Crippen LogP contribution in [0, 0.1) is 5.92 Å². The first-order valence-electron chi connectivity index (χ1n) is 6.82. The zero-order valence-corrected chi connectivity index (χ0v) is 12.9. The Morgan fingerprint density at radius 1 is 1.35 bits per heavy atom. The van der Waals surface area contributed by atoms with Gasteiger partial charge in [0.2, 0.25) is 10.0 Å². The SMILES string of the molecule is CC1CCCN(CC(C)NS(=O)(=O)C(C)C(F)(F)F)C1. The van der Waals surface area contributed by atoms with Crippen molar-refractivity contribution in [2.45, 2.75) is 51.1 Å². The Hall–Kier alpha value is -0.340. The topological polar surface area (TPSA) is 49.4 Å². The lowest BCUT2D eigenvalue weighted by atomic mass is 10.00. The monoisotopic (exact) mass is 316 g/mol. The van der Waals surface area contributed by atoms with Gasteiger partial charge in [0.1, 0.15) is 0 Å². The van der Waals surface area contributed by atoms with Crippen molar-refractivity contribution < 1.29 is 21.6 Å². The van der Waals surface area contributed by atoms with Crippen LogP contribution >= 0.6 is 0 Å². The summed E-state index contributed by atoms with van der Waals surface area (Å²) in [5.74, 6) is 0.543. The van der Waals surface area contributed by atoms with Gasteiger partial charge in [-0.25, -0.2) is 13.1 Å². The van der Waals surface area contributed by atoms with Crippen LogP contribution in [0.15, 0.2) is 0 Å². The molecule has 1 N–H and O–H groups in total. The second kappa shape index (κ2) is 6.62. The third-order valence-electron chi connectivity index (χ3n) is 3.57. The quantitative estimate of drug-likeness (QED) is 0.844. The molecule has 0 aromatic rings. The summed E-state index contributed by atoms with van der Waals surface area (Å²) in [6.07, 6.45) is -2.56. The fourth-order valence-corrected chi connectivity index (χ4v) is 3.63. The highest BCUT2D eigenvalue weighted by molar-refractivity contribution is 7.90. The molecule has 8 heteroatoms. The van der Waals surface area contributed by atoms with Crippen molar-refractivity contribution in [3.8, 4) is 0 Å². The molecule has 1 heterocycles. The maximum absolute atomic E-state index is 12.5. The molecule has 1 rings (SSSR count). The molecule has 1 fully saturated rings. The van der Waals surface area contributed by atoms with Gasteiger partial charge in [-0.2, -0.15) is 13.2 Å². The third kappa shape index (κ3) is 5.21. The van der Waals surface area contributed by atoms with Gasteiger partial charge in [0.15, 0.2) is 5.25 Å². The number of likely N-dealkylation sites (tertiary alicyclic amines) is 1. The molecule has 1 aliphatic heterocycles. The Labute approximate surface area is 118 Å². The fourth-order valence-electron chi connectivity index (χ4n) is 2.44. The molecule has 3 atom stereocenters. The highest BCUT2D eigenvalue weighted by Gasteiger charge is 2.45. The minimum absolute atomic E-state index is 0.439. The van der Waals surface area contributed by atoms with Crippen LogP contribution in [0.4, 0.5) is 13.2 Å². The number of rotatable bonds is 5. The second-order valence-corrected chi connectivity index (χ2v) is 7.79. The molecular formula is C12H23F3N2O2S. The highest BCUT2D eigenvalue weighted by Crippen LogP contribution is 2.25. The standard InChI is InChI=1S/C12H23F3N2O2S/c1-9-5-4-6-17(7-9)8-10(2)16-20(18,19)11(3)12(13,14)15/h9-11,16H,4-8H2,1-3H3. The largest absolute Gasteiger partial charge is 0.406 e. The number of nitrogens with one attached hydrogen (secondary N) is 1. The van der Waals surface area contributed by atoms with Crippen LogP contribution in [0.5, 0.6) is 0 Å². The van der Waals surface area contributed by atoms with Crippen molar-refractivity contribution in [2.75, 3.05) is 19.6 Å². The summed E-state index contributed by atoms with van der Waals surface area (Å²) in [6, 6.07) is -0.532. The third-order valence-corrected chi connectivity index (χ3v) is 5.49. The van der Waals surface area contributed by atoms with E-state index in [1.54, 1.807) is 6.92 Å². The molecule has 0 spiro atoms.